The van der Waals surface area contributed by atoms with Crippen LogP contribution in [0.25, 0.3) is 0 Å². The molecule has 0 aliphatic rings. The van der Waals surface area contributed by atoms with Gasteiger partial charge < -0.3 is 5.32 Å². The van der Waals surface area contributed by atoms with Gasteiger partial charge in [0.25, 0.3) is 15.8 Å². The Bertz CT molecular complexity index is 1120. The first-order valence-corrected chi connectivity index (χ1v) is 11.4. The molecule has 0 saturated heterocycles. The number of urea groups is 1. The Balaban J connectivity index is 2.36. The number of amides is 2. The first-order chi connectivity index (χ1) is 14.6. The Morgan fingerprint density at radius 1 is 0.969 bits per heavy atom. The van der Waals surface area contributed by atoms with E-state index in [-0.39, 0.29) is 11.8 Å². The van der Waals surface area contributed by atoms with Gasteiger partial charge in [0.15, 0.2) is 0 Å². The Morgan fingerprint density at radius 3 is 1.97 bits per heavy atom. The molecule has 174 valence electrons. The van der Waals surface area contributed by atoms with Crippen LogP contribution in [0.4, 0.5) is 23.7 Å². The smallest absolute Gasteiger partial charge is 0.307 e. The maximum atomic E-state index is 12.7. The number of alkyl halides is 3. The van der Waals surface area contributed by atoms with E-state index in [1.165, 1.54) is 0 Å². The lowest BCUT2D eigenvalue weighted by Crippen LogP contribution is -2.35. The number of hydrogen-bond donors (Lipinski definition) is 2. The highest BCUT2D eigenvalue weighted by atomic mass is 35.5. The second-order valence-electron chi connectivity index (χ2n) is 7.68. The summed E-state index contributed by atoms with van der Waals surface area (Å²) in [7, 11) is -4.56. The number of Topliss-reactive ketones (excluding diaryl/α,β-unsaturated/α-hetero) is 1. The number of carbonyl (C=O) groups excluding carboxylic acids is 2. The average Bonchev–Trinajstić information content (AvgIpc) is 2.67. The average molecular weight is 491 g/mol. The van der Waals surface area contributed by atoms with E-state index < -0.39 is 38.5 Å². The van der Waals surface area contributed by atoms with E-state index >= 15 is 0 Å². The van der Waals surface area contributed by atoms with Crippen LogP contribution in [0.3, 0.4) is 0 Å². The summed E-state index contributed by atoms with van der Waals surface area (Å²) in [6, 6.07) is 5.58. The molecule has 0 bridgehead atoms. The van der Waals surface area contributed by atoms with Crippen molar-refractivity contribution < 1.29 is 31.2 Å². The third-order valence-electron chi connectivity index (χ3n) is 4.54. The van der Waals surface area contributed by atoms with E-state index in [1.807, 2.05) is 27.7 Å². The van der Waals surface area contributed by atoms with Crippen molar-refractivity contribution in [1.29, 1.82) is 0 Å². The first kappa shape index (κ1) is 25.7. The molecule has 0 atom stereocenters. The van der Waals surface area contributed by atoms with Crippen molar-refractivity contribution >= 4 is 39.1 Å². The second-order valence-corrected chi connectivity index (χ2v) is 9.80. The summed E-state index contributed by atoms with van der Waals surface area (Å²) in [4.78, 5) is 23.3. The highest BCUT2D eigenvalue weighted by molar-refractivity contribution is 7.90. The molecule has 2 aromatic rings. The Morgan fingerprint density at radius 2 is 1.50 bits per heavy atom. The van der Waals surface area contributed by atoms with Gasteiger partial charge in [0.2, 0.25) is 0 Å². The molecule has 2 amide bonds. The monoisotopic (exact) mass is 490 g/mol. The highest BCUT2D eigenvalue weighted by Gasteiger charge is 2.39. The summed E-state index contributed by atoms with van der Waals surface area (Å²) in [5.41, 5.74) is 0.911. The van der Waals surface area contributed by atoms with Crippen LogP contribution in [0.2, 0.25) is 5.02 Å². The normalized spacial score (nSPS) is 12.2. The van der Waals surface area contributed by atoms with Gasteiger partial charge in [-0.05, 0) is 47.2 Å². The fourth-order valence-electron chi connectivity index (χ4n) is 2.99. The number of nitrogens with one attached hydrogen (secondary N) is 2. The lowest BCUT2D eigenvalue weighted by Gasteiger charge is -2.21. The van der Waals surface area contributed by atoms with Crippen molar-refractivity contribution in [3.05, 3.63) is 58.1 Å². The Kier molecular flexibility index (Phi) is 7.62. The molecule has 6 nitrogen and oxygen atoms in total. The van der Waals surface area contributed by atoms with Crippen LogP contribution in [0, 0.1) is 0 Å². The van der Waals surface area contributed by atoms with Crippen molar-refractivity contribution in [2.24, 2.45) is 0 Å². The number of carbonyl (C=O) groups is 2. The number of sulfonamides is 1. The van der Waals surface area contributed by atoms with Gasteiger partial charge >= 0.3 is 12.2 Å². The minimum Gasteiger partial charge on any atom is -0.307 e. The van der Waals surface area contributed by atoms with Crippen LogP contribution in [-0.4, -0.2) is 26.4 Å². The summed E-state index contributed by atoms with van der Waals surface area (Å²) >= 11 is 6.17. The summed E-state index contributed by atoms with van der Waals surface area (Å²) in [6.07, 6.45) is -5.16. The fourth-order valence-corrected chi connectivity index (χ4v) is 4.18. The van der Waals surface area contributed by atoms with E-state index in [1.54, 1.807) is 16.9 Å². The van der Waals surface area contributed by atoms with Gasteiger partial charge in [0, 0.05) is 16.3 Å². The van der Waals surface area contributed by atoms with Crippen LogP contribution in [0.5, 0.6) is 0 Å². The van der Waals surface area contributed by atoms with Gasteiger partial charge in [-0.15, -0.1) is 0 Å². The molecular formula is C21H22ClF3N2O4S. The zero-order valence-electron chi connectivity index (χ0n) is 17.7. The molecule has 0 aromatic heterocycles. The van der Waals surface area contributed by atoms with Crippen LogP contribution < -0.4 is 10.0 Å². The zero-order chi connectivity index (χ0) is 24.4. The molecule has 0 unspecified atom stereocenters. The van der Waals surface area contributed by atoms with Crippen molar-refractivity contribution in [1.82, 2.24) is 4.72 Å². The predicted octanol–water partition coefficient (Wildman–Crippen LogP) is 5.84. The quantitative estimate of drug-likeness (QED) is 0.497. The molecule has 2 aromatic carbocycles. The first-order valence-electron chi connectivity index (χ1n) is 9.52. The molecule has 0 saturated carbocycles. The molecule has 0 heterocycles. The summed E-state index contributed by atoms with van der Waals surface area (Å²) in [6.45, 7) is 7.50. The Labute approximate surface area is 189 Å². The van der Waals surface area contributed by atoms with Gasteiger partial charge in [-0.1, -0.05) is 51.4 Å². The van der Waals surface area contributed by atoms with Crippen LogP contribution in [0.15, 0.2) is 41.3 Å². The minimum absolute atomic E-state index is 0.0526. The molecular weight excluding hydrogens is 469 g/mol. The molecule has 0 spiro atoms. The van der Waals surface area contributed by atoms with Crippen LogP contribution >= 0.6 is 11.6 Å². The maximum Gasteiger partial charge on any atom is 0.454 e. The molecule has 2 rings (SSSR count). The van der Waals surface area contributed by atoms with E-state index in [2.05, 4.69) is 5.32 Å². The minimum atomic E-state index is -5.16. The van der Waals surface area contributed by atoms with Crippen molar-refractivity contribution in [3.63, 3.8) is 0 Å². The standard InChI is InChI=1S/C21H22ClF3N2O4S/c1-11(2)16-9-14(22)10-17(12(3)4)18(16)26-20(29)27-32(30,31)15-7-5-6-13(8-15)19(28)21(23,24)25/h5-12H,1-4H3,(H2,26,27,29). The summed E-state index contributed by atoms with van der Waals surface area (Å²) < 4.78 is 64.9. The molecule has 2 N–H and O–H groups in total. The van der Waals surface area contributed by atoms with Gasteiger partial charge in [-0.25, -0.2) is 17.9 Å². The third kappa shape index (κ3) is 6.01. The maximum absolute atomic E-state index is 12.7. The summed E-state index contributed by atoms with van der Waals surface area (Å²) in [5.74, 6) is -2.30. The fraction of sp³-hybridized carbons (Fsp3) is 0.333. The number of benzene rings is 2. The van der Waals surface area contributed by atoms with Crippen LogP contribution in [-0.2, 0) is 10.0 Å². The van der Waals surface area contributed by atoms with E-state index in [0.717, 1.165) is 18.2 Å². The number of ketones is 1. The lowest BCUT2D eigenvalue weighted by atomic mass is 9.92. The Hall–Kier alpha value is -2.59. The van der Waals surface area contributed by atoms with E-state index in [0.29, 0.717) is 27.9 Å². The molecule has 32 heavy (non-hydrogen) atoms. The third-order valence-corrected chi connectivity index (χ3v) is 6.08. The topological polar surface area (TPSA) is 92.3 Å². The van der Waals surface area contributed by atoms with Crippen LogP contribution in [0.1, 0.15) is 61.0 Å². The van der Waals surface area contributed by atoms with Gasteiger partial charge in [-0.3, -0.25) is 4.79 Å². The number of anilines is 1. The van der Waals surface area contributed by atoms with E-state index in [9.17, 15) is 31.2 Å². The largest absolute Gasteiger partial charge is 0.454 e. The predicted molar refractivity (Wildman–Crippen MR) is 116 cm³/mol. The number of rotatable bonds is 6. The molecule has 0 fully saturated rings. The zero-order valence-corrected chi connectivity index (χ0v) is 19.2. The highest BCUT2D eigenvalue weighted by Crippen LogP contribution is 2.35. The lowest BCUT2D eigenvalue weighted by molar-refractivity contribution is -0.0885. The molecule has 0 aliphatic heterocycles. The second kappa shape index (κ2) is 9.50. The van der Waals surface area contributed by atoms with Crippen molar-refractivity contribution in [2.75, 3.05) is 5.32 Å². The molecule has 0 aliphatic carbocycles. The molecule has 11 heteroatoms. The summed E-state index contributed by atoms with van der Waals surface area (Å²) in [5, 5.41) is 2.98. The molecule has 0 radical (unpaired) electrons. The van der Waals surface area contributed by atoms with E-state index in [4.69, 9.17) is 11.6 Å². The van der Waals surface area contributed by atoms with Crippen molar-refractivity contribution in [3.8, 4) is 0 Å². The van der Waals surface area contributed by atoms with Gasteiger partial charge in [-0.2, -0.15) is 13.2 Å². The van der Waals surface area contributed by atoms with Gasteiger partial charge in [0.1, 0.15) is 0 Å². The van der Waals surface area contributed by atoms with Crippen molar-refractivity contribution in [2.45, 2.75) is 50.6 Å². The SMILES string of the molecule is CC(C)c1cc(Cl)cc(C(C)C)c1NC(=O)NS(=O)(=O)c1cccc(C(=O)C(F)(F)F)c1. The number of halogens is 4. The van der Waals surface area contributed by atoms with Gasteiger partial charge in [0.05, 0.1) is 4.90 Å². The number of hydrogen-bond acceptors (Lipinski definition) is 4.